The molecule has 0 saturated carbocycles. The number of aryl methyl sites for hydroxylation is 1. The summed E-state index contributed by atoms with van der Waals surface area (Å²) in [6.45, 7) is 7.52. The molecule has 0 aliphatic carbocycles. The molecule has 0 saturated heterocycles. The second-order valence-corrected chi connectivity index (χ2v) is 9.04. The molecule has 0 aliphatic heterocycles. The van der Waals surface area contributed by atoms with Crippen molar-refractivity contribution in [1.29, 1.82) is 0 Å². The Morgan fingerprint density at radius 1 is 1.10 bits per heavy atom. The molecule has 1 unspecified atom stereocenters. The van der Waals surface area contributed by atoms with Crippen molar-refractivity contribution >= 4 is 15.8 Å². The van der Waals surface area contributed by atoms with Crippen LogP contribution in [-0.2, 0) is 16.4 Å². The lowest BCUT2D eigenvalue weighted by Gasteiger charge is -2.18. The van der Waals surface area contributed by atoms with Gasteiger partial charge in [0.05, 0.1) is 25.1 Å². The Balaban J connectivity index is 1.95. The second kappa shape index (κ2) is 10.9. The van der Waals surface area contributed by atoms with Crippen LogP contribution in [0.2, 0.25) is 0 Å². The number of guanidine groups is 1. The van der Waals surface area contributed by atoms with Gasteiger partial charge in [-0.1, -0.05) is 12.1 Å². The molecule has 0 aromatic heterocycles. The number of hydrogen-bond acceptors (Lipinski definition) is 5. The maximum atomic E-state index is 11.8. The Morgan fingerprint density at radius 2 is 1.77 bits per heavy atom. The summed E-state index contributed by atoms with van der Waals surface area (Å²) in [5.74, 6) is 2.23. The maximum absolute atomic E-state index is 11.8. The fourth-order valence-corrected chi connectivity index (χ4v) is 3.87. The van der Waals surface area contributed by atoms with E-state index in [9.17, 15) is 8.42 Å². The summed E-state index contributed by atoms with van der Waals surface area (Å²) in [4.78, 5) is 4.94. The molecule has 1 atom stereocenters. The van der Waals surface area contributed by atoms with E-state index < -0.39 is 9.84 Å². The van der Waals surface area contributed by atoms with Crippen molar-refractivity contribution in [3.05, 3.63) is 53.6 Å². The topological polar surface area (TPSA) is 89.0 Å². The summed E-state index contributed by atoms with van der Waals surface area (Å²) < 4.78 is 34.6. The molecule has 30 heavy (non-hydrogen) atoms. The van der Waals surface area contributed by atoms with Gasteiger partial charge in [-0.2, -0.15) is 0 Å². The molecular weight excluding hydrogens is 402 g/mol. The number of rotatable bonds is 9. The Morgan fingerprint density at radius 3 is 2.33 bits per heavy atom. The molecule has 0 heterocycles. The number of benzene rings is 2. The van der Waals surface area contributed by atoms with E-state index in [1.54, 1.807) is 26.2 Å². The van der Waals surface area contributed by atoms with E-state index in [0.717, 1.165) is 29.2 Å². The number of hydrogen-bond donors (Lipinski definition) is 2. The van der Waals surface area contributed by atoms with E-state index in [1.807, 2.05) is 44.2 Å². The minimum absolute atomic E-state index is 0.0708. The Bertz CT molecular complexity index is 957. The highest BCUT2D eigenvalue weighted by molar-refractivity contribution is 7.90. The van der Waals surface area contributed by atoms with E-state index in [0.29, 0.717) is 23.9 Å². The summed E-state index contributed by atoms with van der Waals surface area (Å²) in [6, 6.07) is 12.8. The van der Waals surface area contributed by atoms with Crippen molar-refractivity contribution in [2.75, 3.05) is 26.5 Å². The first-order valence-corrected chi connectivity index (χ1v) is 11.7. The molecule has 7 nitrogen and oxygen atoms in total. The van der Waals surface area contributed by atoms with Crippen LogP contribution < -0.4 is 20.1 Å². The van der Waals surface area contributed by atoms with Gasteiger partial charge < -0.3 is 20.1 Å². The van der Waals surface area contributed by atoms with Crippen LogP contribution in [0.3, 0.4) is 0 Å². The van der Waals surface area contributed by atoms with Crippen LogP contribution in [0.5, 0.6) is 11.5 Å². The highest BCUT2D eigenvalue weighted by atomic mass is 32.2. The SMILES string of the molecule is CCNC(=NCc1ccc(S(C)(=O)=O)c(C)c1)NCC(C)Oc1ccc(OC)cc1. The number of nitrogens with one attached hydrogen (secondary N) is 2. The van der Waals surface area contributed by atoms with Crippen LogP contribution in [0.15, 0.2) is 52.4 Å². The monoisotopic (exact) mass is 433 g/mol. The van der Waals surface area contributed by atoms with Gasteiger partial charge in [-0.15, -0.1) is 0 Å². The number of sulfone groups is 1. The quantitative estimate of drug-likeness (QED) is 0.467. The first-order valence-electron chi connectivity index (χ1n) is 9.85. The van der Waals surface area contributed by atoms with Gasteiger partial charge in [0.15, 0.2) is 15.8 Å². The predicted octanol–water partition coefficient (Wildman–Crippen LogP) is 2.93. The van der Waals surface area contributed by atoms with Crippen molar-refractivity contribution < 1.29 is 17.9 Å². The van der Waals surface area contributed by atoms with Crippen molar-refractivity contribution in [2.45, 2.75) is 38.3 Å². The van der Waals surface area contributed by atoms with Gasteiger partial charge in [0.25, 0.3) is 0 Å². The Labute approximate surface area is 179 Å². The van der Waals surface area contributed by atoms with Gasteiger partial charge in [-0.05, 0) is 62.2 Å². The second-order valence-electron chi connectivity index (χ2n) is 7.05. The lowest BCUT2D eigenvalue weighted by atomic mass is 10.1. The van der Waals surface area contributed by atoms with Gasteiger partial charge in [0, 0.05) is 12.8 Å². The average molecular weight is 434 g/mol. The summed E-state index contributed by atoms with van der Waals surface area (Å²) in [5.41, 5.74) is 1.67. The number of aliphatic imine (C=N–C) groups is 1. The highest BCUT2D eigenvalue weighted by Gasteiger charge is 2.11. The van der Waals surface area contributed by atoms with E-state index in [1.165, 1.54) is 6.26 Å². The van der Waals surface area contributed by atoms with Crippen molar-refractivity contribution in [3.8, 4) is 11.5 Å². The molecule has 0 amide bonds. The van der Waals surface area contributed by atoms with Crippen LogP contribution in [0.1, 0.15) is 25.0 Å². The van der Waals surface area contributed by atoms with Crippen LogP contribution in [-0.4, -0.2) is 46.9 Å². The fourth-order valence-electron chi connectivity index (χ4n) is 2.91. The standard InChI is InChI=1S/C22H31N3O4S/c1-6-23-22(24-14-17(3)29-20-10-8-19(28-4)9-11-20)25-15-18-7-12-21(16(2)13-18)30(5,26)27/h7-13,17H,6,14-15H2,1-5H3,(H2,23,24,25). The fraction of sp³-hybridized carbons (Fsp3) is 0.409. The summed E-state index contributed by atoms with van der Waals surface area (Å²) in [6.07, 6.45) is 1.15. The molecule has 0 spiro atoms. The third-order valence-corrected chi connectivity index (χ3v) is 5.61. The Kier molecular flexibility index (Phi) is 8.53. The van der Waals surface area contributed by atoms with Gasteiger partial charge in [-0.3, -0.25) is 0 Å². The largest absolute Gasteiger partial charge is 0.497 e. The number of methoxy groups -OCH3 is 1. The number of nitrogens with zero attached hydrogens (tertiary/aromatic N) is 1. The van der Waals surface area contributed by atoms with Crippen molar-refractivity contribution in [3.63, 3.8) is 0 Å². The molecule has 2 aromatic carbocycles. The van der Waals surface area contributed by atoms with Crippen LogP contribution in [0, 0.1) is 6.92 Å². The minimum Gasteiger partial charge on any atom is -0.497 e. The van der Waals surface area contributed by atoms with E-state index in [4.69, 9.17) is 9.47 Å². The highest BCUT2D eigenvalue weighted by Crippen LogP contribution is 2.18. The molecule has 0 radical (unpaired) electrons. The average Bonchev–Trinajstić information content (AvgIpc) is 2.69. The smallest absolute Gasteiger partial charge is 0.191 e. The van der Waals surface area contributed by atoms with Crippen LogP contribution in [0.4, 0.5) is 0 Å². The molecule has 2 rings (SSSR count). The minimum atomic E-state index is -3.22. The molecule has 2 aromatic rings. The molecule has 8 heteroatoms. The Hall–Kier alpha value is -2.74. The summed E-state index contributed by atoms with van der Waals surface area (Å²) in [7, 11) is -1.59. The molecule has 0 bridgehead atoms. The van der Waals surface area contributed by atoms with Gasteiger partial charge in [0.2, 0.25) is 0 Å². The first kappa shape index (κ1) is 23.5. The molecule has 164 valence electrons. The predicted molar refractivity (Wildman–Crippen MR) is 120 cm³/mol. The zero-order chi connectivity index (χ0) is 22.1. The first-order chi connectivity index (χ1) is 14.2. The van der Waals surface area contributed by atoms with Crippen LogP contribution in [0.25, 0.3) is 0 Å². The lowest BCUT2D eigenvalue weighted by molar-refractivity contribution is 0.223. The van der Waals surface area contributed by atoms with Crippen molar-refractivity contribution in [1.82, 2.24) is 10.6 Å². The third-order valence-electron chi connectivity index (χ3n) is 4.36. The lowest BCUT2D eigenvalue weighted by Crippen LogP contribution is -2.41. The van der Waals surface area contributed by atoms with Gasteiger partial charge in [0.1, 0.15) is 17.6 Å². The normalized spacial score (nSPS) is 12.9. The van der Waals surface area contributed by atoms with Gasteiger partial charge in [-0.25, -0.2) is 13.4 Å². The van der Waals surface area contributed by atoms with Gasteiger partial charge >= 0.3 is 0 Å². The maximum Gasteiger partial charge on any atom is 0.191 e. The van der Waals surface area contributed by atoms with E-state index >= 15 is 0 Å². The third kappa shape index (κ3) is 7.26. The zero-order valence-electron chi connectivity index (χ0n) is 18.2. The van der Waals surface area contributed by atoms with E-state index in [-0.39, 0.29) is 6.10 Å². The van der Waals surface area contributed by atoms with Crippen LogP contribution >= 0.6 is 0 Å². The zero-order valence-corrected chi connectivity index (χ0v) is 19.0. The van der Waals surface area contributed by atoms with Crippen molar-refractivity contribution in [2.24, 2.45) is 4.99 Å². The molecule has 0 fully saturated rings. The summed E-state index contributed by atoms with van der Waals surface area (Å²) in [5, 5.41) is 6.49. The van der Waals surface area contributed by atoms with E-state index in [2.05, 4.69) is 15.6 Å². The number of ether oxygens (including phenoxy) is 2. The molecule has 2 N–H and O–H groups in total. The molecule has 0 aliphatic rings. The molecular formula is C22H31N3O4S. The summed E-state index contributed by atoms with van der Waals surface area (Å²) >= 11 is 0.